The van der Waals surface area contributed by atoms with Crippen molar-refractivity contribution in [2.45, 2.75) is 12.5 Å². The lowest BCUT2D eigenvalue weighted by molar-refractivity contribution is -0.138. The Bertz CT molecular complexity index is 557. The number of carbonyl (C=O) groups is 1. The van der Waals surface area contributed by atoms with E-state index in [9.17, 15) is 4.79 Å². The summed E-state index contributed by atoms with van der Waals surface area (Å²) in [4.78, 5) is 11.0. The summed E-state index contributed by atoms with van der Waals surface area (Å²) in [6.07, 6.45) is 0. The molecular weight excluding hydrogens is 290 g/mol. The minimum atomic E-state index is -0.912. The van der Waals surface area contributed by atoms with E-state index in [1.165, 1.54) is 0 Å². The SMILES string of the molecule is Cl.NCC(C(=O)O)c1ccc(OCc2ccccc2)cc1. The molecule has 0 heterocycles. The quantitative estimate of drug-likeness (QED) is 0.860. The van der Waals surface area contributed by atoms with E-state index in [0.717, 1.165) is 5.56 Å². The highest BCUT2D eigenvalue weighted by molar-refractivity contribution is 5.85. The van der Waals surface area contributed by atoms with E-state index < -0.39 is 11.9 Å². The summed E-state index contributed by atoms with van der Waals surface area (Å²) in [6, 6.07) is 16.9. The van der Waals surface area contributed by atoms with E-state index in [2.05, 4.69) is 0 Å². The molecule has 0 saturated heterocycles. The molecule has 0 fully saturated rings. The van der Waals surface area contributed by atoms with Crippen LogP contribution in [0.2, 0.25) is 0 Å². The maximum atomic E-state index is 11.0. The second-order valence-corrected chi connectivity index (χ2v) is 4.47. The van der Waals surface area contributed by atoms with Crippen molar-refractivity contribution in [2.24, 2.45) is 5.73 Å². The van der Waals surface area contributed by atoms with Crippen molar-refractivity contribution in [3.63, 3.8) is 0 Å². The molecule has 0 bridgehead atoms. The molecule has 2 aromatic carbocycles. The highest BCUT2D eigenvalue weighted by Crippen LogP contribution is 2.20. The Balaban J connectivity index is 0.00000220. The van der Waals surface area contributed by atoms with Crippen LogP contribution in [0.15, 0.2) is 54.6 Å². The first-order chi connectivity index (χ1) is 9.70. The van der Waals surface area contributed by atoms with E-state index in [1.54, 1.807) is 24.3 Å². The minimum absolute atomic E-state index is 0. The number of rotatable bonds is 6. The molecule has 0 aromatic heterocycles. The van der Waals surface area contributed by atoms with Gasteiger partial charge >= 0.3 is 5.97 Å². The molecule has 1 atom stereocenters. The third-order valence-electron chi connectivity index (χ3n) is 3.06. The zero-order chi connectivity index (χ0) is 14.4. The number of benzene rings is 2. The molecule has 0 amide bonds. The second kappa shape index (κ2) is 8.29. The highest BCUT2D eigenvalue weighted by atomic mass is 35.5. The van der Waals surface area contributed by atoms with Crippen LogP contribution < -0.4 is 10.5 Å². The van der Waals surface area contributed by atoms with Gasteiger partial charge in [0, 0.05) is 6.54 Å². The lowest BCUT2D eigenvalue weighted by atomic mass is 9.99. The smallest absolute Gasteiger partial charge is 0.312 e. The minimum Gasteiger partial charge on any atom is -0.489 e. The molecule has 21 heavy (non-hydrogen) atoms. The molecule has 4 nitrogen and oxygen atoms in total. The fourth-order valence-electron chi connectivity index (χ4n) is 1.92. The Kier molecular flexibility index (Phi) is 6.72. The van der Waals surface area contributed by atoms with Crippen molar-refractivity contribution in [2.75, 3.05) is 6.54 Å². The maximum absolute atomic E-state index is 11.0. The Morgan fingerprint density at radius 3 is 2.24 bits per heavy atom. The summed E-state index contributed by atoms with van der Waals surface area (Å²) in [5.74, 6) is -0.873. The van der Waals surface area contributed by atoms with Crippen LogP contribution in [0.1, 0.15) is 17.0 Å². The molecule has 0 saturated carbocycles. The van der Waals surface area contributed by atoms with Crippen molar-refractivity contribution >= 4 is 18.4 Å². The molecule has 112 valence electrons. The van der Waals surface area contributed by atoms with Gasteiger partial charge in [0.15, 0.2) is 0 Å². The second-order valence-electron chi connectivity index (χ2n) is 4.47. The number of hydrogen-bond acceptors (Lipinski definition) is 3. The number of carboxylic acids is 1. The summed E-state index contributed by atoms with van der Waals surface area (Å²) in [5, 5.41) is 9.04. The average molecular weight is 308 g/mol. The molecule has 5 heteroatoms. The third kappa shape index (κ3) is 4.77. The number of nitrogens with two attached hydrogens (primary N) is 1. The molecule has 2 rings (SSSR count). The van der Waals surface area contributed by atoms with Gasteiger partial charge in [0.1, 0.15) is 12.4 Å². The van der Waals surface area contributed by atoms with Gasteiger partial charge in [-0.1, -0.05) is 42.5 Å². The summed E-state index contributed by atoms with van der Waals surface area (Å²) >= 11 is 0. The summed E-state index contributed by atoms with van der Waals surface area (Å²) in [5.41, 5.74) is 7.24. The van der Waals surface area contributed by atoms with E-state index in [-0.39, 0.29) is 19.0 Å². The maximum Gasteiger partial charge on any atom is 0.312 e. The van der Waals surface area contributed by atoms with Crippen LogP contribution >= 0.6 is 12.4 Å². The molecule has 0 aliphatic carbocycles. The fourth-order valence-corrected chi connectivity index (χ4v) is 1.92. The van der Waals surface area contributed by atoms with E-state index in [4.69, 9.17) is 15.6 Å². The van der Waals surface area contributed by atoms with Crippen LogP contribution in [0, 0.1) is 0 Å². The summed E-state index contributed by atoms with van der Waals surface area (Å²) in [6.45, 7) is 0.568. The van der Waals surface area contributed by atoms with Gasteiger partial charge in [-0.15, -0.1) is 12.4 Å². The third-order valence-corrected chi connectivity index (χ3v) is 3.06. The first-order valence-electron chi connectivity index (χ1n) is 6.40. The van der Waals surface area contributed by atoms with Crippen LogP contribution in [0.4, 0.5) is 0 Å². The number of aliphatic carboxylic acids is 1. The van der Waals surface area contributed by atoms with Crippen LogP contribution in [0.3, 0.4) is 0 Å². The van der Waals surface area contributed by atoms with Gasteiger partial charge in [0.05, 0.1) is 5.92 Å². The lowest BCUT2D eigenvalue weighted by Gasteiger charge is -2.11. The molecule has 0 spiro atoms. The molecular formula is C16H18ClNO3. The molecule has 3 N–H and O–H groups in total. The van der Waals surface area contributed by atoms with Crippen molar-refractivity contribution in [1.82, 2.24) is 0 Å². The number of halogens is 1. The van der Waals surface area contributed by atoms with Crippen LogP contribution in [0.5, 0.6) is 5.75 Å². The van der Waals surface area contributed by atoms with Crippen molar-refractivity contribution < 1.29 is 14.6 Å². The number of hydrogen-bond donors (Lipinski definition) is 2. The van der Waals surface area contributed by atoms with E-state index in [1.807, 2.05) is 30.3 Å². The van der Waals surface area contributed by atoms with E-state index in [0.29, 0.717) is 17.9 Å². The van der Waals surface area contributed by atoms with Gasteiger partial charge in [0.2, 0.25) is 0 Å². The average Bonchev–Trinajstić information content (AvgIpc) is 2.48. The van der Waals surface area contributed by atoms with Crippen LogP contribution in [-0.4, -0.2) is 17.6 Å². The monoisotopic (exact) mass is 307 g/mol. The van der Waals surface area contributed by atoms with Crippen molar-refractivity contribution in [1.29, 1.82) is 0 Å². The zero-order valence-electron chi connectivity index (χ0n) is 11.4. The fraction of sp³-hybridized carbons (Fsp3) is 0.188. The Hall–Kier alpha value is -2.04. The highest BCUT2D eigenvalue weighted by Gasteiger charge is 2.17. The van der Waals surface area contributed by atoms with E-state index >= 15 is 0 Å². The van der Waals surface area contributed by atoms with Crippen molar-refractivity contribution in [3.8, 4) is 5.75 Å². The van der Waals surface area contributed by atoms with Gasteiger partial charge < -0.3 is 15.6 Å². The lowest BCUT2D eigenvalue weighted by Crippen LogP contribution is -2.20. The first-order valence-corrected chi connectivity index (χ1v) is 6.40. The van der Waals surface area contributed by atoms with Gasteiger partial charge in [-0.3, -0.25) is 4.79 Å². The van der Waals surface area contributed by atoms with Crippen LogP contribution in [-0.2, 0) is 11.4 Å². The topological polar surface area (TPSA) is 72.6 Å². The van der Waals surface area contributed by atoms with Gasteiger partial charge in [-0.2, -0.15) is 0 Å². The normalized spacial score (nSPS) is 11.3. The molecule has 0 aliphatic rings. The van der Waals surface area contributed by atoms with Crippen molar-refractivity contribution in [3.05, 3.63) is 65.7 Å². The first kappa shape index (κ1) is 17.0. The zero-order valence-corrected chi connectivity index (χ0v) is 12.3. The Morgan fingerprint density at radius 1 is 1.10 bits per heavy atom. The molecule has 1 unspecified atom stereocenters. The molecule has 0 aliphatic heterocycles. The Morgan fingerprint density at radius 2 is 1.71 bits per heavy atom. The number of ether oxygens (including phenoxy) is 1. The van der Waals surface area contributed by atoms with Gasteiger partial charge in [0.25, 0.3) is 0 Å². The standard InChI is InChI=1S/C16H17NO3.ClH/c17-10-15(16(18)19)13-6-8-14(9-7-13)20-11-12-4-2-1-3-5-12;/h1-9,15H,10-11,17H2,(H,18,19);1H. The Labute approximate surface area is 130 Å². The van der Waals surface area contributed by atoms with Gasteiger partial charge in [-0.25, -0.2) is 0 Å². The summed E-state index contributed by atoms with van der Waals surface area (Å²) in [7, 11) is 0. The predicted octanol–water partition coefficient (Wildman–Crippen LogP) is 2.81. The predicted molar refractivity (Wildman–Crippen MR) is 83.9 cm³/mol. The summed E-state index contributed by atoms with van der Waals surface area (Å²) < 4.78 is 5.64. The van der Waals surface area contributed by atoms with Crippen LogP contribution in [0.25, 0.3) is 0 Å². The molecule has 0 radical (unpaired) electrons. The van der Waals surface area contributed by atoms with Gasteiger partial charge in [-0.05, 0) is 23.3 Å². The largest absolute Gasteiger partial charge is 0.489 e. The number of carboxylic acid groups (broad SMARTS) is 1. The molecule has 2 aromatic rings.